The van der Waals surface area contributed by atoms with Crippen LogP contribution in [0.3, 0.4) is 0 Å². The zero-order valence-corrected chi connectivity index (χ0v) is 49.3. The molecule has 1 aliphatic carbocycles. The number of aryl methyl sites for hydroxylation is 1. The minimum Gasteiger partial charge on any atom is -0.454 e. The summed E-state index contributed by atoms with van der Waals surface area (Å²) in [5.41, 5.74) is 17.2. The van der Waals surface area contributed by atoms with Crippen LogP contribution in [0, 0.1) is 6.92 Å². The van der Waals surface area contributed by atoms with Crippen LogP contribution in [0.5, 0.6) is 0 Å². The molecule has 0 saturated carbocycles. The van der Waals surface area contributed by atoms with Crippen LogP contribution in [0.25, 0.3) is 87.3 Å². The fourth-order valence-corrected chi connectivity index (χ4v) is 29.1. The van der Waals surface area contributed by atoms with Crippen LogP contribution in [-0.4, -0.2) is 24.2 Å². The topological polar surface area (TPSA) is 32.8 Å². The van der Waals surface area contributed by atoms with E-state index in [4.69, 9.17) is 8.83 Å². The molecule has 382 valence electrons. The first-order chi connectivity index (χ1) is 37.6. The minimum atomic E-state index is -2.30. The van der Waals surface area contributed by atoms with Gasteiger partial charge in [0.1, 0.15) is 11.2 Å². The van der Waals surface area contributed by atoms with Crippen molar-refractivity contribution in [1.82, 2.24) is 0 Å². The van der Waals surface area contributed by atoms with E-state index in [1.165, 1.54) is 70.8 Å². The summed E-state index contributed by atoms with van der Waals surface area (Å²) in [5, 5.41) is 13.6. The highest BCUT2D eigenvalue weighted by Gasteiger charge is 2.60. The lowest BCUT2D eigenvalue weighted by Crippen LogP contribution is -2.63. The molecule has 0 N–H and O–H groups in total. The number of benzene rings is 11. The van der Waals surface area contributed by atoms with Crippen molar-refractivity contribution in [3.8, 4) is 11.1 Å². The van der Waals surface area contributed by atoms with E-state index in [0.717, 1.165) is 72.5 Å². The summed E-state index contributed by atoms with van der Waals surface area (Å²) in [4.78, 5) is 4.93. The molecule has 7 heteroatoms. The van der Waals surface area contributed by atoms with Crippen LogP contribution in [0.15, 0.2) is 215 Å². The lowest BCUT2D eigenvalue weighted by atomic mass is 9.89. The molecule has 2 aromatic heterocycles. The number of para-hydroxylation sites is 6. The van der Waals surface area contributed by atoms with Crippen molar-refractivity contribution in [1.29, 1.82) is 0 Å². The van der Waals surface area contributed by atoms with Gasteiger partial charge in [0.2, 0.25) is 0 Å². The predicted molar refractivity (Wildman–Crippen MR) is 344 cm³/mol. The highest BCUT2D eigenvalue weighted by Crippen LogP contribution is 2.64. The molecule has 2 heterocycles. The van der Waals surface area contributed by atoms with Crippen molar-refractivity contribution in [3.05, 3.63) is 223 Å². The second-order valence-electron chi connectivity index (χ2n) is 24.9. The molecule has 0 unspecified atom stereocenters. The molecule has 0 fully saturated rings. The van der Waals surface area contributed by atoms with Crippen molar-refractivity contribution in [2.45, 2.75) is 70.5 Å². The molecule has 78 heavy (non-hydrogen) atoms. The maximum absolute atomic E-state index is 7.29. The highest BCUT2D eigenvalue weighted by molar-refractivity contribution is 7.00. The third kappa shape index (κ3) is 6.87. The average Bonchev–Trinajstić information content (AvgIpc) is 2.92. The molecule has 0 spiro atoms. The summed E-state index contributed by atoms with van der Waals surface area (Å²) in [6.07, 6.45) is 0. The molecule has 0 atom stereocenters. The van der Waals surface area contributed by atoms with Gasteiger partial charge in [0, 0.05) is 48.7 Å². The van der Waals surface area contributed by atoms with E-state index in [-0.39, 0.29) is 4.66 Å². The number of rotatable bonds is 9. The van der Waals surface area contributed by atoms with Crippen LogP contribution in [0.1, 0.15) is 16.7 Å². The largest absolute Gasteiger partial charge is 0.454 e. The van der Waals surface area contributed by atoms with E-state index in [2.05, 4.69) is 282 Å². The Morgan fingerprint density at radius 3 is 1.41 bits per heavy atom. The number of hydrogen-bond donors (Lipinski definition) is 0. The minimum absolute atomic E-state index is 0.232. The van der Waals surface area contributed by atoms with E-state index < -0.39 is 24.2 Å². The Labute approximate surface area is 460 Å². The van der Waals surface area contributed by atoms with Gasteiger partial charge in [-0.2, -0.15) is 0 Å². The van der Waals surface area contributed by atoms with Gasteiger partial charge in [-0.15, -0.1) is 0 Å². The molecule has 14 rings (SSSR count). The Balaban J connectivity index is 1.08. The molecular weight excluding hydrogens is 997 g/mol. The second-order valence-corrected chi connectivity index (χ2v) is 40.9. The van der Waals surface area contributed by atoms with Crippen molar-refractivity contribution < 1.29 is 8.83 Å². The standard InChI is InChI=1S/C71H64N2O2Si3/c1-45-25-21-34-54-55-35-22-38-60(68(55)74-67(45)54)72(46-26-13-11-14-27-46)48-41-42-53-58(43-48)49-30-17-19-32-51(49)65-64-52-33-20-18-31-50(52)62(44-59(64)71(66(53)65,77(5,6)7)78(8,9)10)73(47-28-15-12-16-29-47)61-39-23-36-56-57-37-24-40-63(76(2,3)4)70(57)75-69(56)61/h11-44H,1-10H3. The summed E-state index contributed by atoms with van der Waals surface area (Å²) in [6.45, 7) is 25.3. The maximum atomic E-state index is 7.29. The van der Waals surface area contributed by atoms with Gasteiger partial charge >= 0.3 is 0 Å². The zero-order chi connectivity index (χ0) is 53.6. The summed E-state index contributed by atoms with van der Waals surface area (Å²) >= 11 is 0. The molecule has 1 aliphatic rings. The number of hydrogen-bond acceptors (Lipinski definition) is 4. The van der Waals surface area contributed by atoms with Gasteiger partial charge in [0.15, 0.2) is 11.2 Å². The average molecular weight is 1060 g/mol. The third-order valence-corrected chi connectivity index (χ3v) is 29.4. The molecule has 0 aliphatic heterocycles. The van der Waals surface area contributed by atoms with E-state index in [1.807, 2.05) is 0 Å². The first-order valence-electron chi connectivity index (χ1n) is 27.7. The molecule has 0 saturated heterocycles. The highest BCUT2D eigenvalue weighted by atomic mass is 28.4. The van der Waals surface area contributed by atoms with Gasteiger partial charge in [-0.25, -0.2) is 0 Å². The molecule has 4 nitrogen and oxygen atoms in total. The van der Waals surface area contributed by atoms with Crippen LogP contribution >= 0.6 is 0 Å². The fourth-order valence-electron chi connectivity index (χ4n) is 14.6. The Hall–Kier alpha value is -7.95. The number of fused-ring (bicyclic) bond motifs is 16. The van der Waals surface area contributed by atoms with Crippen LogP contribution in [0.4, 0.5) is 34.1 Å². The summed E-state index contributed by atoms with van der Waals surface area (Å²) < 4.78 is 14.0. The summed E-state index contributed by atoms with van der Waals surface area (Å²) in [6, 6.07) is 77.0. The number of anilines is 6. The van der Waals surface area contributed by atoms with Gasteiger partial charge in [-0.3, -0.25) is 0 Å². The van der Waals surface area contributed by atoms with E-state index >= 15 is 0 Å². The predicted octanol–water partition coefficient (Wildman–Crippen LogP) is 20.8. The third-order valence-electron chi connectivity index (χ3n) is 17.3. The van der Waals surface area contributed by atoms with Gasteiger partial charge in [0.05, 0.1) is 41.3 Å². The van der Waals surface area contributed by atoms with E-state index in [9.17, 15) is 0 Å². The fraction of sp³-hybridized carbons (Fsp3) is 0.155. The molecule has 0 amide bonds. The molecule has 0 radical (unpaired) electrons. The van der Waals surface area contributed by atoms with E-state index in [1.54, 1.807) is 0 Å². The van der Waals surface area contributed by atoms with Gasteiger partial charge in [-0.1, -0.05) is 211 Å². The first kappa shape index (κ1) is 48.4. The van der Waals surface area contributed by atoms with Crippen LogP contribution in [-0.2, 0) is 4.66 Å². The van der Waals surface area contributed by atoms with Gasteiger partial charge < -0.3 is 18.6 Å². The number of nitrogens with zero attached hydrogens (tertiary/aromatic N) is 2. The first-order valence-corrected chi connectivity index (χ1v) is 38.2. The van der Waals surface area contributed by atoms with Crippen LogP contribution < -0.4 is 15.0 Å². The normalized spacial score (nSPS) is 13.6. The van der Waals surface area contributed by atoms with Gasteiger partial charge in [-0.05, 0) is 121 Å². The van der Waals surface area contributed by atoms with Gasteiger partial charge in [0.25, 0.3) is 0 Å². The summed E-state index contributed by atoms with van der Waals surface area (Å²) in [5.74, 6) is 0. The maximum Gasteiger partial charge on any atom is 0.159 e. The lowest BCUT2D eigenvalue weighted by Gasteiger charge is -2.52. The summed E-state index contributed by atoms with van der Waals surface area (Å²) in [7, 11) is -6.36. The monoisotopic (exact) mass is 1060 g/mol. The lowest BCUT2D eigenvalue weighted by molar-refractivity contribution is 0.666. The smallest absolute Gasteiger partial charge is 0.159 e. The molecule has 13 aromatic rings. The Morgan fingerprint density at radius 2 is 0.808 bits per heavy atom. The molecule has 11 aromatic carbocycles. The van der Waals surface area contributed by atoms with E-state index in [0.29, 0.717) is 0 Å². The van der Waals surface area contributed by atoms with Crippen molar-refractivity contribution in [2.24, 2.45) is 0 Å². The Bertz CT molecular complexity index is 4580. The van der Waals surface area contributed by atoms with Crippen molar-refractivity contribution >= 4 is 140 Å². The van der Waals surface area contributed by atoms with Crippen molar-refractivity contribution in [2.75, 3.05) is 9.80 Å². The molecular formula is C71H64N2O2Si3. The second kappa shape index (κ2) is 17.3. The Morgan fingerprint density at radius 1 is 0.333 bits per heavy atom. The Kier molecular flexibility index (Phi) is 10.7. The van der Waals surface area contributed by atoms with Crippen LogP contribution in [0.2, 0.25) is 58.9 Å². The zero-order valence-electron chi connectivity index (χ0n) is 46.3. The van der Waals surface area contributed by atoms with Crippen molar-refractivity contribution in [3.63, 3.8) is 0 Å². The SMILES string of the molecule is Cc1cccc2c1oc1c(N(c3ccccc3)c3ccc4c5c(c6ccccc6c4c3)-c3c(cc(N(c4ccccc4)c4cccc6c4oc4c([Si](C)(C)C)cccc46)c4ccccc34)C5([Si](C)(C)C)[Si](C)(C)C)cccc12. The number of furan rings is 2. The molecule has 0 bridgehead atoms. The quantitative estimate of drug-likeness (QED) is 0.107.